The molecule has 2 atom stereocenters. The Morgan fingerprint density at radius 3 is 2.63 bits per heavy atom. The highest BCUT2D eigenvalue weighted by atomic mass is 79.9. The Morgan fingerprint density at radius 2 is 2.00 bits per heavy atom. The summed E-state index contributed by atoms with van der Waals surface area (Å²) in [7, 11) is 0. The van der Waals surface area contributed by atoms with E-state index in [1.807, 2.05) is 31.2 Å². The monoisotopic (exact) mass is 323 g/mol. The molecule has 4 nitrogen and oxygen atoms in total. The normalized spacial score (nSPS) is 14.3. The van der Waals surface area contributed by atoms with E-state index in [1.54, 1.807) is 0 Å². The van der Waals surface area contributed by atoms with Crippen molar-refractivity contribution in [3.05, 3.63) is 46.0 Å². The van der Waals surface area contributed by atoms with Gasteiger partial charge in [0.1, 0.15) is 0 Å². The first kappa shape index (κ1) is 14.2. The summed E-state index contributed by atoms with van der Waals surface area (Å²) < 4.78 is 6.36. The fraction of sp³-hybridized carbons (Fsp3) is 0.429. The molecule has 1 aromatic carbocycles. The third kappa shape index (κ3) is 3.64. The molecule has 0 spiro atoms. The predicted molar refractivity (Wildman–Crippen MR) is 77.9 cm³/mol. The fourth-order valence-electron chi connectivity index (χ4n) is 1.85. The van der Waals surface area contributed by atoms with Crippen LogP contribution in [0.3, 0.4) is 0 Å². The lowest BCUT2D eigenvalue weighted by Crippen LogP contribution is -2.25. The Bertz CT molecular complexity index is 524. The zero-order chi connectivity index (χ0) is 13.8. The van der Waals surface area contributed by atoms with Crippen LogP contribution in [0.2, 0.25) is 0 Å². The molecule has 2 rings (SSSR count). The van der Waals surface area contributed by atoms with Gasteiger partial charge in [-0.15, -0.1) is 0 Å². The van der Waals surface area contributed by atoms with Crippen LogP contribution in [0.5, 0.6) is 0 Å². The number of hydrogen-bond donors (Lipinski definition) is 1. The van der Waals surface area contributed by atoms with E-state index >= 15 is 0 Å². The van der Waals surface area contributed by atoms with Gasteiger partial charge in [-0.1, -0.05) is 47.1 Å². The van der Waals surface area contributed by atoms with Gasteiger partial charge in [-0.25, -0.2) is 0 Å². The number of halogens is 1. The molecule has 0 bridgehead atoms. The van der Waals surface area contributed by atoms with Gasteiger partial charge in [-0.05, 0) is 24.1 Å². The molecule has 102 valence electrons. The van der Waals surface area contributed by atoms with E-state index in [2.05, 4.69) is 33.0 Å². The van der Waals surface area contributed by atoms with E-state index < -0.39 is 0 Å². The Hall–Kier alpha value is -1.20. The van der Waals surface area contributed by atoms with Gasteiger partial charge in [0, 0.05) is 16.9 Å². The minimum Gasteiger partial charge on any atom is -0.339 e. The number of hydrogen-bond acceptors (Lipinski definition) is 4. The highest BCUT2D eigenvalue weighted by molar-refractivity contribution is 9.10. The van der Waals surface area contributed by atoms with Crippen molar-refractivity contribution in [1.29, 1.82) is 0 Å². The van der Waals surface area contributed by atoms with E-state index in [0.717, 1.165) is 16.5 Å². The van der Waals surface area contributed by atoms with E-state index in [-0.39, 0.29) is 12.0 Å². The van der Waals surface area contributed by atoms with Crippen molar-refractivity contribution in [2.24, 2.45) is 5.73 Å². The van der Waals surface area contributed by atoms with Gasteiger partial charge in [0.05, 0.1) is 5.92 Å². The molecule has 2 N–H and O–H groups in total. The topological polar surface area (TPSA) is 64.9 Å². The summed E-state index contributed by atoms with van der Waals surface area (Å²) in [5, 5.41) is 4.02. The lowest BCUT2D eigenvalue weighted by atomic mass is 10.0. The lowest BCUT2D eigenvalue weighted by Gasteiger charge is -2.13. The molecule has 0 aliphatic rings. The SMILES string of the molecule is CCC(N)C(C)c1nc(Cc2ccc(Br)cc2)no1. The van der Waals surface area contributed by atoms with Crippen LogP contribution in [0.25, 0.3) is 0 Å². The number of nitrogens with two attached hydrogens (primary N) is 1. The summed E-state index contributed by atoms with van der Waals surface area (Å²) in [5.41, 5.74) is 7.15. The van der Waals surface area contributed by atoms with Crippen molar-refractivity contribution >= 4 is 15.9 Å². The number of benzene rings is 1. The Kier molecular flexibility index (Phi) is 4.71. The second-order valence-corrected chi connectivity index (χ2v) is 5.63. The minimum atomic E-state index is 0.0565. The molecule has 0 saturated heterocycles. The van der Waals surface area contributed by atoms with E-state index in [1.165, 1.54) is 0 Å². The van der Waals surface area contributed by atoms with Gasteiger partial charge in [0.15, 0.2) is 5.82 Å². The first-order valence-corrected chi connectivity index (χ1v) is 7.22. The molecule has 0 radical (unpaired) electrons. The first-order chi connectivity index (χ1) is 9.10. The van der Waals surface area contributed by atoms with Crippen LogP contribution >= 0.6 is 15.9 Å². The molecule has 0 aliphatic carbocycles. The Balaban J connectivity index is 2.07. The molecule has 1 heterocycles. The van der Waals surface area contributed by atoms with Gasteiger partial charge >= 0.3 is 0 Å². The van der Waals surface area contributed by atoms with Crippen molar-refractivity contribution < 1.29 is 4.52 Å². The standard InChI is InChI=1S/C14H18BrN3O/c1-3-12(16)9(2)14-17-13(18-19-14)8-10-4-6-11(15)7-5-10/h4-7,9,12H,3,8,16H2,1-2H3. The van der Waals surface area contributed by atoms with Crippen molar-refractivity contribution in [2.45, 2.75) is 38.6 Å². The third-order valence-corrected chi connectivity index (χ3v) is 3.79. The van der Waals surface area contributed by atoms with Crippen LogP contribution in [-0.4, -0.2) is 16.2 Å². The summed E-state index contributed by atoms with van der Waals surface area (Å²) in [5.74, 6) is 1.42. The largest absolute Gasteiger partial charge is 0.339 e. The van der Waals surface area contributed by atoms with Crippen LogP contribution < -0.4 is 5.73 Å². The molecule has 0 amide bonds. The van der Waals surface area contributed by atoms with Gasteiger partial charge < -0.3 is 10.3 Å². The second kappa shape index (κ2) is 6.30. The number of rotatable bonds is 5. The summed E-state index contributed by atoms with van der Waals surface area (Å²) in [6, 6.07) is 8.15. The number of aromatic nitrogens is 2. The maximum Gasteiger partial charge on any atom is 0.231 e. The third-order valence-electron chi connectivity index (χ3n) is 3.26. The van der Waals surface area contributed by atoms with Crippen LogP contribution in [0.1, 0.15) is 43.5 Å². The summed E-state index contributed by atoms with van der Waals surface area (Å²) in [6.07, 6.45) is 1.57. The van der Waals surface area contributed by atoms with Crippen LogP contribution in [0, 0.1) is 0 Å². The van der Waals surface area contributed by atoms with Crippen LogP contribution in [-0.2, 0) is 6.42 Å². The molecule has 0 saturated carbocycles. The van der Waals surface area contributed by atoms with Gasteiger partial charge in [-0.3, -0.25) is 0 Å². The van der Waals surface area contributed by atoms with Crippen molar-refractivity contribution in [3.8, 4) is 0 Å². The van der Waals surface area contributed by atoms with E-state index in [4.69, 9.17) is 10.3 Å². The van der Waals surface area contributed by atoms with Gasteiger partial charge in [0.2, 0.25) is 5.89 Å². The maximum atomic E-state index is 5.99. The summed E-state index contributed by atoms with van der Waals surface area (Å²) in [6.45, 7) is 4.07. The van der Waals surface area contributed by atoms with Crippen molar-refractivity contribution in [2.75, 3.05) is 0 Å². The zero-order valence-corrected chi connectivity index (χ0v) is 12.7. The molecule has 2 aromatic rings. The highest BCUT2D eigenvalue weighted by Gasteiger charge is 2.19. The summed E-state index contributed by atoms with van der Waals surface area (Å²) in [4.78, 5) is 4.43. The first-order valence-electron chi connectivity index (χ1n) is 6.42. The molecular formula is C14H18BrN3O. The van der Waals surface area contributed by atoms with Gasteiger partial charge in [-0.2, -0.15) is 4.98 Å². The van der Waals surface area contributed by atoms with Crippen molar-refractivity contribution in [3.63, 3.8) is 0 Å². The van der Waals surface area contributed by atoms with Crippen molar-refractivity contribution in [1.82, 2.24) is 10.1 Å². The quantitative estimate of drug-likeness (QED) is 0.917. The number of nitrogens with zero attached hydrogens (tertiary/aromatic N) is 2. The molecule has 1 aromatic heterocycles. The highest BCUT2D eigenvalue weighted by Crippen LogP contribution is 2.19. The zero-order valence-electron chi connectivity index (χ0n) is 11.1. The Labute approximate surface area is 121 Å². The molecular weight excluding hydrogens is 306 g/mol. The van der Waals surface area contributed by atoms with E-state index in [0.29, 0.717) is 18.1 Å². The maximum absolute atomic E-state index is 5.99. The van der Waals surface area contributed by atoms with Crippen LogP contribution in [0.4, 0.5) is 0 Å². The Morgan fingerprint density at radius 1 is 1.32 bits per heavy atom. The molecule has 2 unspecified atom stereocenters. The molecule has 0 aliphatic heterocycles. The predicted octanol–water partition coefficient (Wildman–Crippen LogP) is 3.26. The van der Waals surface area contributed by atoms with Gasteiger partial charge in [0.25, 0.3) is 0 Å². The van der Waals surface area contributed by atoms with E-state index in [9.17, 15) is 0 Å². The molecule has 0 fully saturated rings. The molecule has 19 heavy (non-hydrogen) atoms. The molecule has 5 heteroatoms. The lowest BCUT2D eigenvalue weighted by molar-refractivity contribution is 0.337. The average Bonchev–Trinajstić information content (AvgIpc) is 2.88. The fourth-order valence-corrected chi connectivity index (χ4v) is 2.11. The summed E-state index contributed by atoms with van der Waals surface area (Å²) >= 11 is 3.41. The smallest absolute Gasteiger partial charge is 0.231 e. The van der Waals surface area contributed by atoms with Crippen LogP contribution in [0.15, 0.2) is 33.3 Å². The minimum absolute atomic E-state index is 0.0565. The average molecular weight is 324 g/mol. The second-order valence-electron chi connectivity index (χ2n) is 4.71.